The van der Waals surface area contributed by atoms with Gasteiger partial charge in [-0.3, -0.25) is 0 Å². The van der Waals surface area contributed by atoms with E-state index < -0.39 is 5.97 Å². The number of hydrogen-bond acceptors (Lipinski definition) is 5. The van der Waals surface area contributed by atoms with Crippen molar-refractivity contribution >= 4 is 33.5 Å². The molecular formula is C13H11BrClNO4. The number of carbonyl (C=O) groups excluding carboxylic acids is 1. The van der Waals surface area contributed by atoms with Gasteiger partial charge in [-0.25, -0.2) is 9.78 Å². The average Bonchev–Trinajstić information content (AvgIpc) is 2.85. The highest BCUT2D eigenvalue weighted by Crippen LogP contribution is 2.29. The van der Waals surface area contributed by atoms with Crippen molar-refractivity contribution < 1.29 is 18.7 Å². The maximum Gasteiger partial charge on any atom is 0.376 e. The summed E-state index contributed by atoms with van der Waals surface area (Å²) in [4.78, 5) is 15.9. The molecule has 0 N–H and O–H groups in total. The Morgan fingerprint density at radius 1 is 1.45 bits per heavy atom. The molecule has 0 aliphatic rings. The van der Waals surface area contributed by atoms with Crippen LogP contribution in [0, 0.1) is 0 Å². The third kappa shape index (κ3) is 3.03. The Balaban J connectivity index is 2.46. The predicted molar refractivity (Wildman–Crippen MR) is 76.7 cm³/mol. The van der Waals surface area contributed by atoms with Crippen molar-refractivity contribution in [1.82, 2.24) is 4.98 Å². The van der Waals surface area contributed by atoms with Gasteiger partial charge >= 0.3 is 5.97 Å². The molecule has 1 aromatic heterocycles. The predicted octanol–water partition coefficient (Wildman–Crippen LogP) is 3.69. The SMILES string of the molecule is COCc1nc(-c2ccc(Cl)c(Br)c2)oc1C(=O)OC. The summed E-state index contributed by atoms with van der Waals surface area (Å²) in [7, 11) is 2.79. The molecule has 0 radical (unpaired) electrons. The van der Waals surface area contributed by atoms with E-state index in [2.05, 4.69) is 25.7 Å². The Labute approximate surface area is 129 Å². The minimum atomic E-state index is -0.594. The van der Waals surface area contributed by atoms with Crippen LogP contribution in [-0.4, -0.2) is 25.2 Å². The lowest BCUT2D eigenvalue weighted by atomic mass is 10.2. The quantitative estimate of drug-likeness (QED) is 0.778. The molecule has 0 saturated heterocycles. The largest absolute Gasteiger partial charge is 0.463 e. The maximum absolute atomic E-state index is 11.6. The fourth-order valence-corrected chi connectivity index (χ4v) is 2.09. The third-order valence-corrected chi connectivity index (χ3v) is 3.73. The maximum atomic E-state index is 11.6. The van der Waals surface area contributed by atoms with Crippen molar-refractivity contribution in [2.45, 2.75) is 6.61 Å². The molecule has 0 saturated carbocycles. The van der Waals surface area contributed by atoms with E-state index in [1.165, 1.54) is 14.2 Å². The van der Waals surface area contributed by atoms with Gasteiger partial charge in [-0.2, -0.15) is 0 Å². The number of hydrogen-bond donors (Lipinski definition) is 0. The number of carbonyl (C=O) groups is 1. The molecule has 106 valence electrons. The summed E-state index contributed by atoms with van der Waals surface area (Å²) in [6.45, 7) is 0.155. The molecule has 0 bridgehead atoms. The van der Waals surface area contributed by atoms with E-state index in [-0.39, 0.29) is 12.4 Å². The molecule has 0 atom stereocenters. The lowest BCUT2D eigenvalue weighted by Gasteiger charge is -1.98. The highest BCUT2D eigenvalue weighted by molar-refractivity contribution is 9.10. The van der Waals surface area contributed by atoms with Crippen LogP contribution in [0.5, 0.6) is 0 Å². The number of methoxy groups -OCH3 is 2. The summed E-state index contributed by atoms with van der Waals surface area (Å²) in [5, 5.41) is 0.575. The van der Waals surface area contributed by atoms with Crippen LogP contribution in [0.25, 0.3) is 11.5 Å². The first-order valence-electron chi connectivity index (χ1n) is 5.59. The number of nitrogens with zero attached hydrogens (tertiary/aromatic N) is 1. The molecule has 0 unspecified atom stereocenters. The number of ether oxygens (including phenoxy) is 2. The van der Waals surface area contributed by atoms with Crippen LogP contribution in [0.15, 0.2) is 27.1 Å². The van der Waals surface area contributed by atoms with E-state index in [4.69, 9.17) is 20.8 Å². The Kier molecular flexibility index (Phi) is 4.80. The number of oxazole rings is 1. The van der Waals surface area contributed by atoms with Gasteiger partial charge in [0.05, 0.1) is 18.7 Å². The summed E-state index contributed by atoms with van der Waals surface area (Å²) in [5.41, 5.74) is 1.08. The summed E-state index contributed by atoms with van der Waals surface area (Å²) in [5.74, 6) is -0.255. The smallest absolute Gasteiger partial charge is 0.376 e. The molecule has 2 rings (SSSR count). The molecule has 1 aromatic carbocycles. The van der Waals surface area contributed by atoms with Gasteiger partial charge in [0, 0.05) is 17.1 Å². The second-order valence-electron chi connectivity index (χ2n) is 3.85. The second-order valence-corrected chi connectivity index (χ2v) is 5.11. The molecule has 7 heteroatoms. The highest BCUT2D eigenvalue weighted by Gasteiger charge is 2.21. The van der Waals surface area contributed by atoms with E-state index in [0.29, 0.717) is 26.6 Å². The molecule has 0 spiro atoms. The molecule has 1 heterocycles. The van der Waals surface area contributed by atoms with Crippen LogP contribution in [0.2, 0.25) is 5.02 Å². The van der Waals surface area contributed by atoms with Gasteiger partial charge in [-0.15, -0.1) is 0 Å². The van der Waals surface area contributed by atoms with Crippen LogP contribution >= 0.6 is 27.5 Å². The zero-order valence-corrected chi connectivity index (χ0v) is 13.1. The topological polar surface area (TPSA) is 61.6 Å². The molecule has 2 aromatic rings. The third-order valence-electron chi connectivity index (χ3n) is 2.52. The van der Waals surface area contributed by atoms with Gasteiger partial charge in [0.1, 0.15) is 5.69 Å². The standard InChI is InChI=1S/C13H11BrClNO4/c1-18-6-10-11(13(17)19-2)20-12(16-10)7-3-4-9(15)8(14)5-7/h3-5H,6H2,1-2H3. The Morgan fingerprint density at radius 2 is 2.20 bits per heavy atom. The summed E-state index contributed by atoms with van der Waals surface area (Å²) >= 11 is 9.26. The Bertz CT molecular complexity index is 641. The average molecular weight is 361 g/mol. The van der Waals surface area contributed by atoms with Crippen LogP contribution in [0.1, 0.15) is 16.2 Å². The van der Waals surface area contributed by atoms with Crippen molar-refractivity contribution in [3.63, 3.8) is 0 Å². The fourth-order valence-electron chi connectivity index (χ4n) is 1.59. The Hall–Kier alpha value is -1.37. The fraction of sp³-hybridized carbons (Fsp3) is 0.231. The molecule has 0 fully saturated rings. The minimum absolute atomic E-state index is 0.0374. The lowest BCUT2D eigenvalue weighted by molar-refractivity contribution is 0.0559. The van der Waals surface area contributed by atoms with E-state index >= 15 is 0 Å². The van der Waals surface area contributed by atoms with Crippen molar-refractivity contribution in [2.75, 3.05) is 14.2 Å². The van der Waals surface area contributed by atoms with Gasteiger partial charge in [0.25, 0.3) is 0 Å². The van der Waals surface area contributed by atoms with Crippen molar-refractivity contribution in [3.05, 3.63) is 39.1 Å². The monoisotopic (exact) mass is 359 g/mol. The van der Waals surface area contributed by atoms with Crippen molar-refractivity contribution in [3.8, 4) is 11.5 Å². The van der Waals surface area contributed by atoms with Crippen LogP contribution in [-0.2, 0) is 16.1 Å². The first-order chi connectivity index (χ1) is 9.56. The van der Waals surface area contributed by atoms with Crippen LogP contribution in [0.4, 0.5) is 0 Å². The first-order valence-corrected chi connectivity index (χ1v) is 6.76. The van der Waals surface area contributed by atoms with Crippen molar-refractivity contribution in [2.24, 2.45) is 0 Å². The molecule has 5 nitrogen and oxygen atoms in total. The van der Waals surface area contributed by atoms with E-state index in [1.807, 2.05) is 0 Å². The molecular weight excluding hydrogens is 350 g/mol. The number of esters is 1. The van der Waals surface area contributed by atoms with Crippen molar-refractivity contribution in [1.29, 1.82) is 0 Å². The van der Waals surface area contributed by atoms with Gasteiger partial charge in [-0.1, -0.05) is 11.6 Å². The summed E-state index contributed by atoms with van der Waals surface area (Å²) in [6.07, 6.45) is 0. The zero-order chi connectivity index (χ0) is 14.7. The van der Waals surface area contributed by atoms with Gasteiger partial charge in [0.15, 0.2) is 0 Å². The van der Waals surface area contributed by atoms with Gasteiger partial charge in [-0.05, 0) is 34.1 Å². The highest BCUT2D eigenvalue weighted by atomic mass is 79.9. The Morgan fingerprint density at radius 3 is 2.80 bits per heavy atom. The van der Waals surface area contributed by atoms with E-state index in [1.54, 1.807) is 18.2 Å². The second kappa shape index (κ2) is 6.39. The normalized spacial score (nSPS) is 10.6. The number of benzene rings is 1. The number of rotatable bonds is 4. The first kappa shape index (κ1) is 15.0. The molecule has 0 aliphatic carbocycles. The molecule has 0 amide bonds. The minimum Gasteiger partial charge on any atom is -0.463 e. The van der Waals surface area contributed by atoms with E-state index in [0.717, 1.165) is 0 Å². The molecule has 20 heavy (non-hydrogen) atoms. The zero-order valence-electron chi connectivity index (χ0n) is 10.8. The van der Waals surface area contributed by atoms with Gasteiger partial charge < -0.3 is 13.9 Å². The van der Waals surface area contributed by atoms with E-state index in [9.17, 15) is 4.79 Å². The lowest BCUT2D eigenvalue weighted by Crippen LogP contribution is -2.04. The van der Waals surface area contributed by atoms with Crippen LogP contribution < -0.4 is 0 Å². The van der Waals surface area contributed by atoms with Crippen LogP contribution in [0.3, 0.4) is 0 Å². The van der Waals surface area contributed by atoms with Gasteiger partial charge in [0.2, 0.25) is 11.7 Å². The number of aromatic nitrogens is 1. The summed E-state index contributed by atoms with van der Waals surface area (Å²) in [6, 6.07) is 5.21. The molecule has 0 aliphatic heterocycles. The summed E-state index contributed by atoms with van der Waals surface area (Å²) < 4.78 is 15.8. The number of halogens is 2.